The Hall–Kier alpha value is -2.07. The minimum atomic E-state index is -5.60. The van der Waals surface area contributed by atoms with Crippen LogP contribution in [-0.2, 0) is 10.9 Å². The molecule has 21 heavy (non-hydrogen) atoms. The van der Waals surface area contributed by atoms with E-state index in [4.69, 9.17) is 0 Å². The molecule has 11 heteroatoms. The van der Waals surface area contributed by atoms with Gasteiger partial charge in [0.15, 0.2) is 5.75 Å². The number of aromatic nitrogens is 1. The Bertz CT molecular complexity index is 539. The van der Waals surface area contributed by atoms with Crippen LogP contribution in [0.3, 0.4) is 0 Å². The molecule has 0 bridgehead atoms. The van der Waals surface area contributed by atoms with E-state index in [2.05, 4.69) is 14.5 Å². The zero-order chi connectivity index (χ0) is 16.4. The lowest BCUT2D eigenvalue weighted by Crippen LogP contribution is -2.24. The number of hydrogen-bond acceptors (Lipinski definition) is 4. The Morgan fingerprint density at radius 2 is 1.81 bits per heavy atom. The number of hydrogen-bond donors (Lipinski definition) is 0. The molecule has 1 aromatic heterocycles. The minimum Gasteiger partial charge on any atom is -0.462 e. The predicted molar refractivity (Wildman–Crippen MR) is 51.8 cm³/mol. The lowest BCUT2D eigenvalue weighted by atomic mass is 10.1. The second-order valence-corrected chi connectivity index (χ2v) is 3.43. The highest BCUT2D eigenvalue weighted by Gasteiger charge is 2.45. The van der Waals surface area contributed by atoms with Crippen molar-refractivity contribution >= 4 is 5.97 Å². The predicted octanol–water partition coefficient (Wildman–Crippen LogP) is 3.31. The van der Waals surface area contributed by atoms with Gasteiger partial charge >= 0.3 is 18.5 Å². The summed E-state index contributed by atoms with van der Waals surface area (Å²) in [5.74, 6) is -6.00. The minimum absolute atomic E-state index is 0.124. The van der Waals surface area contributed by atoms with Crippen molar-refractivity contribution < 1.29 is 45.0 Å². The molecule has 0 amide bonds. The monoisotopic (exact) mass is 321 g/mol. The SMILES string of the molecule is CCOC(=O)c1cnc(F)c(OC(F)(F)F)c1C(F)(F)F. The maximum atomic E-state index is 13.2. The van der Waals surface area contributed by atoms with Crippen molar-refractivity contribution in [3.8, 4) is 5.75 Å². The van der Waals surface area contributed by atoms with E-state index in [-0.39, 0.29) is 12.8 Å². The lowest BCUT2D eigenvalue weighted by Gasteiger charge is -2.17. The van der Waals surface area contributed by atoms with E-state index in [0.29, 0.717) is 0 Å². The quantitative estimate of drug-likeness (QED) is 0.487. The molecule has 0 aliphatic heterocycles. The van der Waals surface area contributed by atoms with Gasteiger partial charge in [0, 0.05) is 6.20 Å². The smallest absolute Gasteiger partial charge is 0.462 e. The van der Waals surface area contributed by atoms with Crippen LogP contribution in [0.25, 0.3) is 0 Å². The van der Waals surface area contributed by atoms with Crippen LogP contribution >= 0.6 is 0 Å². The Balaban J connectivity index is 3.54. The normalized spacial score (nSPS) is 12.2. The third-order valence-electron chi connectivity index (χ3n) is 1.99. The topological polar surface area (TPSA) is 48.4 Å². The summed E-state index contributed by atoms with van der Waals surface area (Å²) in [7, 11) is 0. The first-order valence-electron chi connectivity index (χ1n) is 5.16. The summed E-state index contributed by atoms with van der Waals surface area (Å²) < 4.78 is 95.1. The van der Waals surface area contributed by atoms with Crippen LogP contribution in [0, 0.1) is 5.95 Å². The zero-order valence-corrected chi connectivity index (χ0v) is 10.1. The molecule has 0 spiro atoms. The van der Waals surface area contributed by atoms with Gasteiger partial charge in [0.05, 0.1) is 12.2 Å². The zero-order valence-electron chi connectivity index (χ0n) is 10.1. The molecule has 0 fully saturated rings. The van der Waals surface area contributed by atoms with Crippen molar-refractivity contribution in [3.05, 3.63) is 23.3 Å². The third-order valence-corrected chi connectivity index (χ3v) is 1.99. The first-order chi connectivity index (χ1) is 9.47. The number of rotatable bonds is 3. The molecule has 0 atom stereocenters. The number of ether oxygens (including phenoxy) is 2. The van der Waals surface area contributed by atoms with Crippen LogP contribution < -0.4 is 4.74 Å². The van der Waals surface area contributed by atoms with Crippen molar-refractivity contribution in [3.63, 3.8) is 0 Å². The maximum absolute atomic E-state index is 13.2. The first-order valence-corrected chi connectivity index (χ1v) is 5.16. The van der Waals surface area contributed by atoms with Gasteiger partial charge in [-0.2, -0.15) is 17.6 Å². The molecule has 0 unspecified atom stereocenters. The van der Waals surface area contributed by atoms with Crippen molar-refractivity contribution in [1.82, 2.24) is 4.98 Å². The Kier molecular flexibility index (Phi) is 4.64. The van der Waals surface area contributed by atoms with Gasteiger partial charge < -0.3 is 9.47 Å². The van der Waals surface area contributed by atoms with Crippen molar-refractivity contribution in [2.45, 2.75) is 19.5 Å². The molecule has 0 aromatic carbocycles. The van der Waals surface area contributed by atoms with E-state index in [1.54, 1.807) is 0 Å². The van der Waals surface area contributed by atoms with E-state index in [9.17, 15) is 35.5 Å². The average molecular weight is 321 g/mol. The molecule has 1 rings (SSSR count). The summed E-state index contributed by atoms with van der Waals surface area (Å²) in [5.41, 5.74) is -3.63. The van der Waals surface area contributed by atoms with E-state index in [1.165, 1.54) is 6.92 Å². The molecule has 0 aliphatic rings. The Labute approximate surface area is 112 Å². The van der Waals surface area contributed by atoms with Crippen LogP contribution in [0.15, 0.2) is 6.20 Å². The summed E-state index contributed by atoms with van der Waals surface area (Å²) >= 11 is 0. The lowest BCUT2D eigenvalue weighted by molar-refractivity contribution is -0.277. The van der Waals surface area contributed by atoms with Crippen LogP contribution in [0.2, 0.25) is 0 Å². The standard InChI is InChI=1S/C10H6F7NO3/c1-2-20-8(19)4-3-18-7(11)6(21-10(15,16)17)5(4)9(12,13)14/h3H,2H2,1H3. The molecule has 0 saturated carbocycles. The molecule has 118 valence electrons. The van der Waals surface area contributed by atoms with Gasteiger partial charge in [-0.15, -0.1) is 13.2 Å². The van der Waals surface area contributed by atoms with Crippen LogP contribution in [0.4, 0.5) is 30.7 Å². The molecule has 1 heterocycles. The molecular weight excluding hydrogens is 315 g/mol. The van der Waals surface area contributed by atoms with Gasteiger partial charge in [-0.25, -0.2) is 9.78 Å². The fourth-order valence-corrected chi connectivity index (χ4v) is 1.32. The van der Waals surface area contributed by atoms with Crippen molar-refractivity contribution in [2.75, 3.05) is 6.61 Å². The second-order valence-electron chi connectivity index (χ2n) is 3.43. The van der Waals surface area contributed by atoms with E-state index in [1.807, 2.05) is 0 Å². The number of pyridine rings is 1. The summed E-state index contributed by atoms with van der Waals surface area (Å²) in [5, 5.41) is 0. The number of halogens is 7. The third kappa shape index (κ3) is 4.20. The largest absolute Gasteiger partial charge is 0.573 e. The second kappa shape index (κ2) is 5.74. The highest BCUT2D eigenvalue weighted by molar-refractivity contribution is 5.91. The van der Waals surface area contributed by atoms with Gasteiger partial charge in [0.25, 0.3) is 5.95 Å². The van der Waals surface area contributed by atoms with E-state index in [0.717, 1.165) is 0 Å². The molecular formula is C10H6F7NO3. The highest BCUT2D eigenvalue weighted by Crippen LogP contribution is 2.41. The summed E-state index contributed by atoms with van der Waals surface area (Å²) in [6.07, 6.45) is -11.0. The Morgan fingerprint density at radius 1 is 1.24 bits per heavy atom. The summed E-state index contributed by atoms with van der Waals surface area (Å²) in [6.45, 7) is 0.915. The number of carbonyl (C=O) groups excluding carboxylic acids is 1. The van der Waals surface area contributed by atoms with E-state index >= 15 is 0 Å². The van der Waals surface area contributed by atoms with E-state index < -0.39 is 41.3 Å². The molecule has 0 saturated heterocycles. The number of nitrogens with zero attached hydrogens (tertiary/aromatic N) is 1. The maximum Gasteiger partial charge on any atom is 0.573 e. The van der Waals surface area contributed by atoms with Gasteiger partial charge in [-0.1, -0.05) is 0 Å². The summed E-state index contributed by atoms with van der Waals surface area (Å²) in [6, 6.07) is 0. The van der Waals surface area contributed by atoms with Crippen molar-refractivity contribution in [1.29, 1.82) is 0 Å². The molecule has 0 aliphatic carbocycles. The van der Waals surface area contributed by atoms with Crippen molar-refractivity contribution in [2.24, 2.45) is 0 Å². The average Bonchev–Trinajstić information content (AvgIpc) is 2.28. The molecule has 1 aromatic rings. The summed E-state index contributed by atoms with van der Waals surface area (Å²) in [4.78, 5) is 14.0. The fraction of sp³-hybridized carbons (Fsp3) is 0.400. The highest BCUT2D eigenvalue weighted by atomic mass is 19.4. The van der Waals surface area contributed by atoms with Gasteiger partial charge in [0.2, 0.25) is 0 Å². The molecule has 4 nitrogen and oxygen atoms in total. The number of carbonyl (C=O) groups is 1. The van der Waals surface area contributed by atoms with Gasteiger partial charge in [-0.3, -0.25) is 0 Å². The van der Waals surface area contributed by atoms with Crippen LogP contribution in [0.1, 0.15) is 22.8 Å². The first kappa shape index (κ1) is 17.0. The Morgan fingerprint density at radius 3 is 2.24 bits per heavy atom. The number of esters is 1. The van der Waals surface area contributed by atoms with Crippen LogP contribution in [0.5, 0.6) is 5.75 Å². The fourth-order valence-electron chi connectivity index (χ4n) is 1.32. The molecule has 0 N–H and O–H groups in total. The molecule has 0 radical (unpaired) electrons. The number of alkyl halides is 6. The van der Waals surface area contributed by atoms with Crippen LogP contribution in [-0.4, -0.2) is 23.9 Å². The van der Waals surface area contributed by atoms with Gasteiger partial charge in [-0.05, 0) is 6.92 Å². The van der Waals surface area contributed by atoms with Gasteiger partial charge in [0.1, 0.15) is 5.56 Å².